The number of fused-ring (bicyclic) bond motifs is 1. The summed E-state index contributed by atoms with van der Waals surface area (Å²) in [4.78, 5) is 24.8. The summed E-state index contributed by atoms with van der Waals surface area (Å²) in [5.74, 6) is -0.918. The third-order valence-corrected chi connectivity index (χ3v) is 5.77. The van der Waals surface area contributed by atoms with Crippen molar-refractivity contribution in [3.05, 3.63) is 29.3 Å². The zero-order valence-electron chi connectivity index (χ0n) is 13.7. The van der Waals surface area contributed by atoms with Crippen molar-refractivity contribution in [2.24, 2.45) is 11.1 Å². The number of nitrogens with two attached hydrogens (primary N) is 1. The Labute approximate surface area is 136 Å². The highest BCUT2D eigenvalue weighted by Gasteiger charge is 2.35. The van der Waals surface area contributed by atoms with E-state index in [9.17, 15) is 18.0 Å². The van der Waals surface area contributed by atoms with Gasteiger partial charge in [-0.2, -0.15) is 0 Å². The van der Waals surface area contributed by atoms with Crippen LogP contribution in [0.3, 0.4) is 0 Å². The summed E-state index contributed by atoms with van der Waals surface area (Å²) in [6, 6.07) is 4.00. The fourth-order valence-corrected chi connectivity index (χ4v) is 3.82. The number of benzene rings is 1. The minimum Gasteiger partial charge on any atom is -0.330 e. The number of amides is 2. The normalized spacial score (nSPS) is 15.5. The van der Waals surface area contributed by atoms with E-state index >= 15 is 0 Å². The van der Waals surface area contributed by atoms with E-state index in [1.54, 1.807) is 0 Å². The molecule has 1 aliphatic heterocycles. The molecule has 2 amide bonds. The molecule has 2 rings (SSSR count). The lowest BCUT2D eigenvalue weighted by Gasteiger charge is -2.28. The summed E-state index contributed by atoms with van der Waals surface area (Å²) < 4.78 is 26.6. The lowest BCUT2D eigenvalue weighted by atomic mass is 9.94. The molecule has 1 aromatic rings. The number of rotatable bonds is 5. The molecule has 0 atom stereocenters. The van der Waals surface area contributed by atoms with Gasteiger partial charge < -0.3 is 5.73 Å². The van der Waals surface area contributed by atoms with E-state index in [0.29, 0.717) is 6.54 Å². The van der Waals surface area contributed by atoms with Crippen LogP contribution in [0, 0.1) is 5.41 Å². The number of hydrogen-bond acceptors (Lipinski definition) is 5. The molecule has 0 fully saturated rings. The average Bonchev–Trinajstić information content (AvgIpc) is 2.71. The number of sulfonamides is 1. The van der Waals surface area contributed by atoms with Crippen LogP contribution < -0.4 is 5.73 Å². The van der Waals surface area contributed by atoms with Gasteiger partial charge in [-0.25, -0.2) is 12.7 Å². The summed E-state index contributed by atoms with van der Waals surface area (Å²) in [5.41, 5.74) is 5.62. The van der Waals surface area contributed by atoms with Gasteiger partial charge in [-0.05, 0) is 30.2 Å². The molecule has 0 bridgehead atoms. The fourth-order valence-electron chi connectivity index (χ4n) is 2.43. The Morgan fingerprint density at radius 1 is 1.17 bits per heavy atom. The second-order valence-electron chi connectivity index (χ2n) is 6.51. The highest BCUT2D eigenvalue weighted by molar-refractivity contribution is 7.89. The summed E-state index contributed by atoms with van der Waals surface area (Å²) in [7, 11) is -0.925. The first-order chi connectivity index (χ1) is 10.5. The van der Waals surface area contributed by atoms with Gasteiger partial charge in [0.2, 0.25) is 10.0 Å². The second-order valence-corrected chi connectivity index (χ2v) is 8.55. The fraction of sp³-hybridized carbons (Fsp3) is 0.467. The maximum atomic E-state index is 12.7. The number of carbonyl (C=O) groups excluding carboxylic acids is 2. The van der Waals surface area contributed by atoms with Gasteiger partial charge in [0.1, 0.15) is 0 Å². The van der Waals surface area contributed by atoms with E-state index in [1.165, 1.54) is 36.6 Å². The molecular formula is C15H21N3O4S. The predicted octanol–water partition coefficient (Wildman–Crippen LogP) is 0.518. The van der Waals surface area contributed by atoms with Crippen LogP contribution in [0.5, 0.6) is 0 Å². The lowest BCUT2D eigenvalue weighted by Crippen LogP contribution is -2.39. The lowest BCUT2D eigenvalue weighted by molar-refractivity contribution is 0.0693. The van der Waals surface area contributed by atoms with Crippen LogP contribution in [-0.4, -0.2) is 56.6 Å². The Hall–Kier alpha value is -1.77. The van der Waals surface area contributed by atoms with Gasteiger partial charge in [-0.1, -0.05) is 13.8 Å². The van der Waals surface area contributed by atoms with Gasteiger partial charge in [0.05, 0.1) is 16.0 Å². The van der Waals surface area contributed by atoms with Gasteiger partial charge >= 0.3 is 0 Å². The van der Waals surface area contributed by atoms with Crippen molar-refractivity contribution in [3.8, 4) is 0 Å². The summed E-state index contributed by atoms with van der Waals surface area (Å²) in [6.45, 7) is 4.34. The van der Waals surface area contributed by atoms with Gasteiger partial charge in [0.15, 0.2) is 0 Å². The maximum absolute atomic E-state index is 12.7. The van der Waals surface area contributed by atoms with E-state index in [4.69, 9.17) is 5.73 Å². The maximum Gasteiger partial charge on any atom is 0.261 e. The van der Waals surface area contributed by atoms with Crippen molar-refractivity contribution < 1.29 is 18.0 Å². The first-order valence-corrected chi connectivity index (χ1v) is 8.58. The quantitative estimate of drug-likeness (QED) is 0.788. The van der Waals surface area contributed by atoms with Crippen molar-refractivity contribution in [2.45, 2.75) is 18.7 Å². The van der Waals surface area contributed by atoms with Crippen molar-refractivity contribution >= 4 is 21.8 Å². The molecule has 2 N–H and O–H groups in total. The molecule has 0 unspecified atom stereocenters. The number of nitrogens with zero attached hydrogens (tertiary/aromatic N) is 2. The van der Waals surface area contributed by atoms with E-state index in [1.807, 2.05) is 13.8 Å². The third kappa shape index (κ3) is 3.01. The molecule has 23 heavy (non-hydrogen) atoms. The van der Waals surface area contributed by atoms with Crippen molar-refractivity contribution in [2.75, 3.05) is 27.2 Å². The summed E-state index contributed by atoms with van der Waals surface area (Å²) in [5, 5.41) is 0. The van der Waals surface area contributed by atoms with Crippen LogP contribution in [-0.2, 0) is 10.0 Å². The molecule has 1 aromatic carbocycles. The minimum absolute atomic E-state index is 0.0111. The van der Waals surface area contributed by atoms with Crippen LogP contribution >= 0.6 is 0 Å². The van der Waals surface area contributed by atoms with Gasteiger partial charge in [0, 0.05) is 20.6 Å². The monoisotopic (exact) mass is 339 g/mol. The smallest absolute Gasteiger partial charge is 0.261 e. The molecule has 0 aliphatic carbocycles. The topological polar surface area (TPSA) is 101 Å². The molecule has 0 saturated carbocycles. The van der Waals surface area contributed by atoms with E-state index < -0.39 is 21.8 Å². The Kier molecular flexibility index (Phi) is 4.36. The molecule has 8 heteroatoms. The van der Waals surface area contributed by atoms with Crippen molar-refractivity contribution in [3.63, 3.8) is 0 Å². The van der Waals surface area contributed by atoms with Crippen LogP contribution in [0.25, 0.3) is 0 Å². The zero-order chi connectivity index (χ0) is 17.6. The molecule has 0 aromatic heterocycles. The standard InChI is InChI=1S/C15H21N3O4S/c1-15(2,8-16)9-17(3)23(21,22)10-5-6-11-12(7-10)14(20)18(4)13(11)19/h5-7H,8-9,16H2,1-4H3. The molecule has 1 aliphatic rings. The Bertz CT molecular complexity index is 771. The Morgan fingerprint density at radius 3 is 2.30 bits per heavy atom. The summed E-state index contributed by atoms with van der Waals surface area (Å²) >= 11 is 0. The largest absolute Gasteiger partial charge is 0.330 e. The number of imide groups is 1. The molecule has 0 saturated heterocycles. The number of hydrogen-bond donors (Lipinski definition) is 1. The molecule has 7 nitrogen and oxygen atoms in total. The van der Waals surface area contributed by atoms with Crippen LogP contribution in [0.15, 0.2) is 23.1 Å². The first kappa shape index (κ1) is 17.6. The molecule has 1 heterocycles. The molecule has 0 radical (unpaired) electrons. The van der Waals surface area contributed by atoms with E-state index in [-0.39, 0.29) is 28.0 Å². The zero-order valence-corrected chi connectivity index (χ0v) is 14.5. The van der Waals surface area contributed by atoms with E-state index in [2.05, 4.69) is 0 Å². The van der Waals surface area contributed by atoms with Gasteiger partial charge in [-0.3, -0.25) is 14.5 Å². The molecule has 126 valence electrons. The third-order valence-electron chi connectivity index (χ3n) is 3.97. The average molecular weight is 339 g/mol. The SMILES string of the molecule is CN1C(=O)c2ccc(S(=O)(=O)N(C)CC(C)(C)CN)cc2C1=O. The van der Waals surface area contributed by atoms with Crippen LogP contribution in [0.2, 0.25) is 0 Å². The molecular weight excluding hydrogens is 318 g/mol. The van der Waals surface area contributed by atoms with Gasteiger partial charge in [0.25, 0.3) is 11.8 Å². The highest BCUT2D eigenvalue weighted by atomic mass is 32.2. The first-order valence-electron chi connectivity index (χ1n) is 7.14. The summed E-state index contributed by atoms with van der Waals surface area (Å²) in [6.07, 6.45) is 0. The van der Waals surface area contributed by atoms with E-state index in [0.717, 1.165) is 4.90 Å². The van der Waals surface area contributed by atoms with Crippen LogP contribution in [0.1, 0.15) is 34.6 Å². The molecule has 0 spiro atoms. The predicted molar refractivity (Wildman–Crippen MR) is 85.5 cm³/mol. The van der Waals surface area contributed by atoms with Crippen molar-refractivity contribution in [1.29, 1.82) is 0 Å². The minimum atomic E-state index is -3.77. The van der Waals surface area contributed by atoms with Crippen LogP contribution in [0.4, 0.5) is 0 Å². The van der Waals surface area contributed by atoms with Gasteiger partial charge in [-0.15, -0.1) is 0 Å². The second kappa shape index (κ2) is 5.70. The highest BCUT2D eigenvalue weighted by Crippen LogP contribution is 2.27. The van der Waals surface area contributed by atoms with Crippen molar-refractivity contribution in [1.82, 2.24) is 9.21 Å². The Balaban J connectivity index is 2.40. The number of carbonyl (C=O) groups is 2. The Morgan fingerprint density at radius 2 is 1.74 bits per heavy atom.